The highest BCUT2D eigenvalue weighted by Gasteiger charge is 2.21. The molecule has 6 nitrogen and oxygen atoms in total. The van der Waals surface area contributed by atoms with E-state index in [-0.39, 0.29) is 4.90 Å². The molecule has 21 heavy (non-hydrogen) atoms. The van der Waals surface area contributed by atoms with Crippen LogP contribution in [0.1, 0.15) is 12.5 Å². The van der Waals surface area contributed by atoms with Crippen molar-refractivity contribution in [3.05, 3.63) is 42.2 Å². The smallest absolute Gasteiger partial charge is 0.243 e. The summed E-state index contributed by atoms with van der Waals surface area (Å²) >= 11 is 0. The van der Waals surface area contributed by atoms with Gasteiger partial charge in [-0.15, -0.1) is 0 Å². The van der Waals surface area contributed by atoms with Crippen LogP contribution in [-0.2, 0) is 23.6 Å². The highest BCUT2D eigenvalue weighted by molar-refractivity contribution is 7.89. The minimum absolute atomic E-state index is 0.288. The summed E-state index contributed by atoms with van der Waals surface area (Å²) in [6, 6.07) is 6.78. The van der Waals surface area contributed by atoms with Crippen molar-refractivity contribution >= 4 is 15.7 Å². The lowest BCUT2D eigenvalue weighted by Gasteiger charge is -2.16. The Bertz CT molecular complexity index is 692. The molecule has 0 saturated carbocycles. The lowest BCUT2D eigenvalue weighted by atomic mass is 10.3. The number of anilines is 1. The van der Waals surface area contributed by atoms with Gasteiger partial charge in [-0.05, 0) is 31.2 Å². The molecule has 0 radical (unpaired) electrons. The third-order valence-corrected chi connectivity index (χ3v) is 4.92. The van der Waals surface area contributed by atoms with Gasteiger partial charge in [0, 0.05) is 44.6 Å². The van der Waals surface area contributed by atoms with Crippen LogP contribution in [-0.4, -0.2) is 36.1 Å². The van der Waals surface area contributed by atoms with Gasteiger partial charge in [0.1, 0.15) is 0 Å². The number of benzene rings is 1. The number of aryl methyl sites for hydroxylation is 1. The van der Waals surface area contributed by atoms with Crippen molar-refractivity contribution in [1.82, 2.24) is 14.1 Å². The highest BCUT2D eigenvalue weighted by Crippen LogP contribution is 2.19. The maximum absolute atomic E-state index is 12.5. The molecule has 0 aliphatic heterocycles. The topological polar surface area (TPSA) is 67.2 Å². The van der Waals surface area contributed by atoms with Crippen LogP contribution >= 0.6 is 0 Å². The van der Waals surface area contributed by atoms with E-state index in [2.05, 4.69) is 10.4 Å². The summed E-state index contributed by atoms with van der Waals surface area (Å²) in [5.74, 6) is 0. The first-order valence-electron chi connectivity index (χ1n) is 6.71. The molecule has 1 N–H and O–H groups in total. The van der Waals surface area contributed by atoms with Crippen molar-refractivity contribution in [2.45, 2.75) is 18.4 Å². The summed E-state index contributed by atoms with van der Waals surface area (Å²) in [6.45, 7) is 3.09. The average molecular weight is 308 g/mol. The van der Waals surface area contributed by atoms with E-state index >= 15 is 0 Å². The quantitative estimate of drug-likeness (QED) is 0.881. The Morgan fingerprint density at radius 2 is 1.95 bits per heavy atom. The molecule has 0 fully saturated rings. The fourth-order valence-electron chi connectivity index (χ4n) is 2.02. The van der Waals surface area contributed by atoms with Gasteiger partial charge in [0.05, 0.1) is 11.1 Å². The maximum Gasteiger partial charge on any atom is 0.243 e. The molecule has 1 heterocycles. The summed E-state index contributed by atoms with van der Waals surface area (Å²) in [7, 11) is -0.118. The van der Waals surface area contributed by atoms with E-state index in [1.165, 1.54) is 4.31 Å². The van der Waals surface area contributed by atoms with Crippen LogP contribution in [0.3, 0.4) is 0 Å². The lowest BCUT2D eigenvalue weighted by molar-refractivity contribution is 0.466. The van der Waals surface area contributed by atoms with Crippen molar-refractivity contribution in [1.29, 1.82) is 0 Å². The third kappa shape index (κ3) is 3.62. The van der Waals surface area contributed by atoms with E-state index in [1.54, 1.807) is 55.4 Å². The maximum atomic E-state index is 12.5. The third-order valence-electron chi connectivity index (χ3n) is 3.11. The van der Waals surface area contributed by atoms with Crippen LogP contribution in [0.25, 0.3) is 0 Å². The second-order valence-corrected chi connectivity index (χ2v) is 6.88. The molecule has 1 aromatic carbocycles. The van der Waals surface area contributed by atoms with Gasteiger partial charge >= 0.3 is 0 Å². The Labute approximate surface area is 125 Å². The second-order valence-electron chi connectivity index (χ2n) is 4.84. The molecule has 2 rings (SSSR count). The van der Waals surface area contributed by atoms with Crippen LogP contribution in [0.2, 0.25) is 0 Å². The van der Waals surface area contributed by atoms with Crippen LogP contribution in [0.4, 0.5) is 5.69 Å². The standard InChI is InChI=1S/C14H20N4O2S/c1-4-15-13-5-7-14(8-6-13)21(19,20)18(3)11-12-9-16-17(2)10-12/h5-10,15H,4,11H2,1-3H3. The lowest BCUT2D eigenvalue weighted by Crippen LogP contribution is -2.26. The molecule has 0 saturated heterocycles. The number of nitrogens with one attached hydrogen (secondary N) is 1. The monoisotopic (exact) mass is 308 g/mol. The normalized spacial score (nSPS) is 11.8. The van der Waals surface area contributed by atoms with Gasteiger partial charge in [-0.2, -0.15) is 9.40 Å². The largest absolute Gasteiger partial charge is 0.385 e. The first kappa shape index (κ1) is 15.5. The zero-order valence-electron chi connectivity index (χ0n) is 12.4. The van der Waals surface area contributed by atoms with Gasteiger partial charge in [-0.25, -0.2) is 8.42 Å². The molecule has 114 valence electrons. The van der Waals surface area contributed by atoms with E-state index in [1.807, 2.05) is 6.92 Å². The Morgan fingerprint density at radius 3 is 2.48 bits per heavy atom. The van der Waals surface area contributed by atoms with E-state index in [4.69, 9.17) is 0 Å². The summed E-state index contributed by atoms with van der Waals surface area (Å²) in [4.78, 5) is 0.288. The van der Waals surface area contributed by atoms with Crippen molar-refractivity contribution in [3.63, 3.8) is 0 Å². The fourth-order valence-corrected chi connectivity index (χ4v) is 3.18. The Balaban J connectivity index is 2.16. The van der Waals surface area contributed by atoms with Gasteiger partial charge in [0.2, 0.25) is 10.0 Å². The van der Waals surface area contributed by atoms with Gasteiger partial charge < -0.3 is 5.32 Å². The molecule has 0 aliphatic rings. The van der Waals surface area contributed by atoms with Crippen LogP contribution in [0.15, 0.2) is 41.6 Å². The molecule has 0 spiro atoms. The molecular weight excluding hydrogens is 288 g/mol. The zero-order valence-corrected chi connectivity index (χ0v) is 13.3. The Morgan fingerprint density at radius 1 is 1.29 bits per heavy atom. The van der Waals surface area contributed by atoms with Crippen molar-refractivity contribution < 1.29 is 8.42 Å². The number of hydrogen-bond donors (Lipinski definition) is 1. The van der Waals surface area contributed by atoms with Gasteiger partial charge in [0.25, 0.3) is 0 Å². The predicted molar refractivity (Wildman–Crippen MR) is 82.5 cm³/mol. The minimum atomic E-state index is -3.49. The molecule has 2 aromatic rings. The number of nitrogens with zero attached hydrogens (tertiary/aromatic N) is 3. The zero-order chi connectivity index (χ0) is 15.5. The van der Waals surface area contributed by atoms with E-state index in [0.717, 1.165) is 17.8 Å². The number of hydrogen-bond acceptors (Lipinski definition) is 4. The number of sulfonamides is 1. The van der Waals surface area contributed by atoms with Crippen LogP contribution < -0.4 is 5.32 Å². The SMILES string of the molecule is CCNc1ccc(S(=O)(=O)N(C)Cc2cnn(C)c2)cc1. The molecule has 0 aliphatic carbocycles. The molecule has 0 unspecified atom stereocenters. The van der Waals surface area contributed by atoms with Crippen molar-refractivity contribution in [2.75, 3.05) is 18.9 Å². The summed E-state index contributed by atoms with van der Waals surface area (Å²) < 4.78 is 28.0. The van der Waals surface area contributed by atoms with Crippen molar-refractivity contribution in [2.24, 2.45) is 7.05 Å². The van der Waals surface area contributed by atoms with Crippen LogP contribution in [0, 0.1) is 0 Å². The van der Waals surface area contributed by atoms with Crippen molar-refractivity contribution in [3.8, 4) is 0 Å². The predicted octanol–water partition coefficient (Wildman–Crippen LogP) is 1.67. The fraction of sp³-hybridized carbons (Fsp3) is 0.357. The molecular formula is C14H20N4O2S. The summed E-state index contributed by atoms with van der Waals surface area (Å²) in [5, 5.41) is 7.18. The molecule has 0 bridgehead atoms. The molecule has 0 amide bonds. The van der Waals surface area contributed by atoms with Gasteiger partial charge in [-0.3, -0.25) is 4.68 Å². The van der Waals surface area contributed by atoms with E-state index in [9.17, 15) is 8.42 Å². The Kier molecular flexibility index (Phi) is 4.64. The molecule has 0 atom stereocenters. The summed E-state index contributed by atoms with van der Waals surface area (Å²) in [5.41, 5.74) is 1.76. The van der Waals surface area contributed by atoms with Gasteiger partial charge in [0.15, 0.2) is 0 Å². The first-order valence-corrected chi connectivity index (χ1v) is 8.15. The average Bonchev–Trinajstić information content (AvgIpc) is 2.85. The summed E-state index contributed by atoms with van der Waals surface area (Å²) in [6.07, 6.45) is 3.47. The molecule has 1 aromatic heterocycles. The van der Waals surface area contributed by atoms with E-state index in [0.29, 0.717) is 6.54 Å². The van der Waals surface area contributed by atoms with E-state index < -0.39 is 10.0 Å². The minimum Gasteiger partial charge on any atom is -0.385 e. The number of rotatable bonds is 6. The van der Waals surface area contributed by atoms with Crippen LogP contribution in [0.5, 0.6) is 0 Å². The van der Waals surface area contributed by atoms with Gasteiger partial charge in [-0.1, -0.05) is 0 Å². The number of aromatic nitrogens is 2. The Hall–Kier alpha value is -1.86. The molecule has 7 heteroatoms. The first-order chi connectivity index (χ1) is 9.93. The highest BCUT2D eigenvalue weighted by atomic mass is 32.2. The second kappa shape index (κ2) is 6.28.